The number of aliphatic hydroxyl groups excluding tert-OH is 1. The molecule has 0 aliphatic carbocycles. The molecule has 116 valence electrons. The number of rotatable bonds is 2. The van der Waals surface area contributed by atoms with E-state index in [0.717, 1.165) is 29.3 Å². The summed E-state index contributed by atoms with van der Waals surface area (Å²) in [5, 5.41) is 13.4. The third-order valence-corrected chi connectivity index (χ3v) is 3.95. The zero-order valence-electron chi connectivity index (χ0n) is 12.2. The third-order valence-electron chi connectivity index (χ3n) is 3.95. The molecular formula is C16H19N3O3. The molecule has 1 aliphatic heterocycles. The quantitative estimate of drug-likeness (QED) is 0.779. The smallest absolute Gasteiger partial charge is 0.317 e. The average Bonchev–Trinajstić information content (AvgIpc) is 2.52. The second-order valence-electron chi connectivity index (χ2n) is 5.61. The van der Waals surface area contributed by atoms with Crippen molar-refractivity contribution in [3.05, 3.63) is 46.2 Å². The zero-order valence-corrected chi connectivity index (χ0v) is 12.2. The van der Waals surface area contributed by atoms with E-state index in [9.17, 15) is 14.7 Å². The van der Waals surface area contributed by atoms with Gasteiger partial charge in [-0.25, -0.2) is 4.79 Å². The Labute approximate surface area is 127 Å². The van der Waals surface area contributed by atoms with Crippen LogP contribution in [0.2, 0.25) is 0 Å². The number of aromatic nitrogens is 1. The number of hydrogen-bond donors (Lipinski definition) is 3. The van der Waals surface area contributed by atoms with Crippen molar-refractivity contribution >= 4 is 16.9 Å². The summed E-state index contributed by atoms with van der Waals surface area (Å²) in [6, 6.07) is 8.81. The molecule has 1 aromatic carbocycles. The topological polar surface area (TPSA) is 85.4 Å². The highest BCUT2D eigenvalue weighted by Gasteiger charge is 2.21. The van der Waals surface area contributed by atoms with Gasteiger partial charge in [-0.2, -0.15) is 0 Å². The number of urea groups is 1. The summed E-state index contributed by atoms with van der Waals surface area (Å²) in [6.07, 6.45) is 1.10. The lowest BCUT2D eigenvalue weighted by Crippen LogP contribution is -2.46. The number of benzene rings is 1. The van der Waals surface area contributed by atoms with E-state index >= 15 is 0 Å². The minimum absolute atomic E-state index is 0.184. The number of amides is 2. The molecule has 1 unspecified atom stereocenters. The van der Waals surface area contributed by atoms with Crippen molar-refractivity contribution < 1.29 is 9.90 Å². The normalized spacial score (nSPS) is 18.4. The summed E-state index contributed by atoms with van der Waals surface area (Å²) in [7, 11) is 0. The van der Waals surface area contributed by atoms with Crippen LogP contribution in [0.3, 0.4) is 0 Å². The number of H-pyrrole nitrogens is 1. The molecule has 2 amide bonds. The van der Waals surface area contributed by atoms with Crippen LogP contribution in [0.5, 0.6) is 0 Å². The van der Waals surface area contributed by atoms with E-state index in [2.05, 4.69) is 10.3 Å². The van der Waals surface area contributed by atoms with Crippen LogP contribution >= 0.6 is 0 Å². The number of carbonyl (C=O) groups excluding carboxylic acids is 1. The lowest BCUT2D eigenvalue weighted by Gasteiger charge is -2.30. The first-order valence-corrected chi connectivity index (χ1v) is 7.45. The van der Waals surface area contributed by atoms with Crippen molar-refractivity contribution in [2.75, 3.05) is 13.1 Å². The Morgan fingerprint density at radius 2 is 2.23 bits per heavy atom. The maximum atomic E-state index is 12.2. The van der Waals surface area contributed by atoms with E-state index in [-0.39, 0.29) is 18.1 Å². The van der Waals surface area contributed by atoms with Crippen molar-refractivity contribution in [3.8, 4) is 0 Å². The highest BCUT2D eigenvalue weighted by Crippen LogP contribution is 2.15. The van der Waals surface area contributed by atoms with Gasteiger partial charge in [0.25, 0.3) is 0 Å². The van der Waals surface area contributed by atoms with E-state index in [0.29, 0.717) is 13.1 Å². The van der Waals surface area contributed by atoms with Crippen LogP contribution < -0.4 is 10.9 Å². The first-order chi connectivity index (χ1) is 10.6. The molecule has 0 bridgehead atoms. The number of likely N-dealkylation sites (tertiary alicyclic amines) is 1. The summed E-state index contributed by atoms with van der Waals surface area (Å²) in [4.78, 5) is 28.2. The Morgan fingerprint density at radius 1 is 1.41 bits per heavy atom. The van der Waals surface area contributed by atoms with Gasteiger partial charge in [0.1, 0.15) is 0 Å². The molecule has 6 heteroatoms. The van der Waals surface area contributed by atoms with Gasteiger partial charge in [-0.05, 0) is 24.5 Å². The summed E-state index contributed by atoms with van der Waals surface area (Å²) >= 11 is 0. The third kappa shape index (κ3) is 3.12. The van der Waals surface area contributed by atoms with Crippen molar-refractivity contribution in [2.45, 2.75) is 25.5 Å². The Kier molecular flexibility index (Phi) is 4.11. The maximum absolute atomic E-state index is 12.2. The number of fused-ring (bicyclic) bond motifs is 1. The number of pyridine rings is 1. The molecule has 3 rings (SSSR count). The van der Waals surface area contributed by atoms with Gasteiger partial charge in [0, 0.05) is 36.6 Å². The number of piperidine rings is 1. The van der Waals surface area contributed by atoms with Gasteiger partial charge in [0.05, 0.1) is 6.10 Å². The molecule has 2 heterocycles. The fourth-order valence-electron chi connectivity index (χ4n) is 2.85. The first kappa shape index (κ1) is 14.6. The lowest BCUT2D eigenvalue weighted by molar-refractivity contribution is 0.0842. The van der Waals surface area contributed by atoms with Crippen LogP contribution in [0.4, 0.5) is 4.79 Å². The van der Waals surface area contributed by atoms with Crippen molar-refractivity contribution in [1.82, 2.24) is 15.2 Å². The zero-order chi connectivity index (χ0) is 15.5. The number of hydrogen-bond acceptors (Lipinski definition) is 3. The highest BCUT2D eigenvalue weighted by atomic mass is 16.3. The maximum Gasteiger partial charge on any atom is 0.317 e. The van der Waals surface area contributed by atoms with Gasteiger partial charge in [-0.3, -0.25) is 4.79 Å². The molecule has 2 aromatic rings. The van der Waals surface area contributed by atoms with Crippen LogP contribution in [0.25, 0.3) is 10.9 Å². The van der Waals surface area contributed by atoms with Gasteiger partial charge < -0.3 is 20.3 Å². The molecule has 1 aromatic heterocycles. The summed E-state index contributed by atoms with van der Waals surface area (Å²) in [5.74, 6) is 0. The lowest BCUT2D eigenvalue weighted by atomic mass is 10.1. The Bertz CT molecular complexity index is 741. The standard InChI is InChI=1S/C16H19N3O3/c20-12-4-3-7-19(10-12)16(22)17-9-11-8-15(21)18-14-6-2-1-5-13(11)14/h1-2,5-6,8,12,20H,3-4,7,9-10H2,(H,17,22)(H,18,21). The predicted octanol–water partition coefficient (Wildman–Crippen LogP) is 1.19. The Morgan fingerprint density at radius 3 is 3.05 bits per heavy atom. The van der Waals surface area contributed by atoms with Crippen molar-refractivity contribution in [2.24, 2.45) is 0 Å². The molecule has 6 nitrogen and oxygen atoms in total. The van der Waals surface area contributed by atoms with E-state index in [1.807, 2.05) is 24.3 Å². The van der Waals surface area contributed by atoms with Crippen molar-refractivity contribution in [1.29, 1.82) is 0 Å². The number of carbonyl (C=O) groups is 1. The minimum Gasteiger partial charge on any atom is -0.391 e. The average molecular weight is 301 g/mol. The van der Waals surface area contributed by atoms with Crippen LogP contribution in [0.1, 0.15) is 18.4 Å². The second kappa shape index (κ2) is 6.19. The number of para-hydroxylation sites is 1. The first-order valence-electron chi connectivity index (χ1n) is 7.45. The van der Waals surface area contributed by atoms with Gasteiger partial charge in [0.15, 0.2) is 0 Å². The van der Waals surface area contributed by atoms with E-state index in [4.69, 9.17) is 0 Å². The molecule has 1 atom stereocenters. The molecular weight excluding hydrogens is 282 g/mol. The summed E-state index contributed by atoms with van der Waals surface area (Å²) in [5.41, 5.74) is 1.36. The Balaban J connectivity index is 1.74. The van der Waals surface area contributed by atoms with Crippen LogP contribution in [-0.4, -0.2) is 40.2 Å². The van der Waals surface area contributed by atoms with E-state index < -0.39 is 6.10 Å². The minimum atomic E-state index is -0.445. The molecule has 0 saturated carbocycles. The number of aliphatic hydroxyl groups is 1. The largest absolute Gasteiger partial charge is 0.391 e. The number of nitrogens with zero attached hydrogens (tertiary/aromatic N) is 1. The fraction of sp³-hybridized carbons (Fsp3) is 0.375. The second-order valence-corrected chi connectivity index (χ2v) is 5.61. The van der Waals surface area contributed by atoms with Crippen LogP contribution in [-0.2, 0) is 6.54 Å². The van der Waals surface area contributed by atoms with E-state index in [1.165, 1.54) is 6.07 Å². The molecule has 1 fully saturated rings. The molecule has 1 saturated heterocycles. The highest BCUT2D eigenvalue weighted by molar-refractivity contribution is 5.82. The van der Waals surface area contributed by atoms with Gasteiger partial charge in [-0.15, -0.1) is 0 Å². The number of nitrogens with one attached hydrogen (secondary N) is 2. The SMILES string of the molecule is O=C(NCc1cc(=O)[nH]c2ccccc12)N1CCCC(O)C1. The molecule has 3 N–H and O–H groups in total. The predicted molar refractivity (Wildman–Crippen MR) is 83.6 cm³/mol. The molecule has 1 aliphatic rings. The molecule has 0 spiro atoms. The molecule has 22 heavy (non-hydrogen) atoms. The molecule has 0 radical (unpaired) electrons. The fourth-order valence-corrected chi connectivity index (χ4v) is 2.85. The monoisotopic (exact) mass is 301 g/mol. The van der Waals surface area contributed by atoms with Crippen molar-refractivity contribution in [3.63, 3.8) is 0 Å². The summed E-state index contributed by atoms with van der Waals surface area (Å²) in [6.45, 7) is 1.30. The van der Waals surface area contributed by atoms with Gasteiger partial charge in [0.2, 0.25) is 5.56 Å². The number of β-amino-alcohol motifs (C(OH)–C–C–N with tert-alkyl or cyclic N) is 1. The van der Waals surface area contributed by atoms with Crippen LogP contribution in [0.15, 0.2) is 35.1 Å². The van der Waals surface area contributed by atoms with Crippen LogP contribution in [0, 0.1) is 0 Å². The van der Waals surface area contributed by atoms with Gasteiger partial charge in [-0.1, -0.05) is 18.2 Å². The Hall–Kier alpha value is -2.34. The van der Waals surface area contributed by atoms with Gasteiger partial charge >= 0.3 is 6.03 Å². The number of aromatic amines is 1. The van der Waals surface area contributed by atoms with E-state index in [1.54, 1.807) is 4.90 Å². The summed E-state index contributed by atoms with van der Waals surface area (Å²) < 4.78 is 0.